The van der Waals surface area contributed by atoms with Crippen LogP contribution in [0.1, 0.15) is 18.8 Å². The van der Waals surface area contributed by atoms with E-state index >= 15 is 0 Å². The number of benzene rings is 1. The number of nitrogens with zero attached hydrogens (tertiary/aromatic N) is 3. The van der Waals surface area contributed by atoms with Crippen LogP contribution in [0, 0.1) is 0 Å². The maximum Gasteiger partial charge on any atom is 0.252 e. The summed E-state index contributed by atoms with van der Waals surface area (Å²) in [7, 11) is 1.74. The Morgan fingerprint density at radius 3 is 2.90 bits per heavy atom. The number of pyridine rings is 1. The summed E-state index contributed by atoms with van der Waals surface area (Å²) in [5.41, 5.74) is 7.98. The molecule has 1 unspecified atom stereocenters. The van der Waals surface area contributed by atoms with Crippen LogP contribution >= 0.6 is 0 Å². The highest BCUT2D eigenvalue weighted by molar-refractivity contribution is 5.93. The van der Waals surface area contributed by atoms with Gasteiger partial charge in [-0.1, -0.05) is 0 Å². The first-order valence-corrected chi connectivity index (χ1v) is 6.58. The highest BCUT2D eigenvalue weighted by Gasteiger charge is 2.12. The van der Waals surface area contributed by atoms with E-state index in [-0.39, 0.29) is 11.6 Å². The molecule has 21 heavy (non-hydrogen) atoms. The van der Waals surface area contributed by atoms with Crippen molar-refractivity contribution in [2.75, 3.05) is 11.1 Å². The van der Waals surface area contributed by atoms with Crippen molar-refractivity contribution in [3.05, 3.63) is 46.8 Å². The zero-order valence-electron chi connectivity index (χ0n) is 11.8. The Bertz CT molecular complexity index is 837. The molecule has 2 heterocycles. The molecule has 0 radical (unpaired) electrons. The lowest BCUT2D eigenvalue weighted by Crippen LogP contribution is -2.18. The van der Waals surface area contributed by atoms with Gasteiger partial charge in [0, 0.05) is 29.9 Å². The fourth-order valence-corrected chi connectivity index (χ4v) is 2.33. The zero-order valence-corrected chi connectivity index (χ0v) is 11.8. The molecule has 4 N–H and O–H groups in total. The van der Waals surface area contributed by atoms with Crippen LogP contribution in [-0.2, 0) is 7.05 Å². The van der Waals surface area contributed by atoms with Crippen molar-refractivity contribution in [3.8, 4) is 0 Å². The third-order valence-corrected chi connectivity index (χ3v) is 3.49. The predicted molar refractivity (Wildman–Crippen MR) is 82.0 cm³/mol. The summed E-state index contributed by atoms with van der Waals surface area (Å²) in [6.45, 7) is 1.94. The minimum atomic E-state index is -0.107. The number of H-pyrrole nitrogens is 1. The first-order valence-electron chi connectivity index (χ1n) is 6.58. The van der Waals surface area contributed by atoms with E-state index in [0.29, 0.717) is 11.5 Å². The Labute approximate surface area is 120 Å². The number of rotatable bonds is 3. The van der Waals surface area contributed by atoms with Crippen LogP contribution in [0.4, 0.5) is 11.4 Å². The number of nitrogens with two attached hydrogens (primary N) is 1. The number of aromatic amines is 1. The number of hydrogen-bond acceptors (Lipinski definition) is 5. The van der Waals surface area contributed by atoms with Crippen LogP contribution in [0.15, 0.2) is 35.4 Å². The average Bonchev–Trinajstić information content (AvgIpc) is 2.98. The Morgan fingerprint density at radius 1 is 1.38 bits per heavy atom. The summed E-state index contributed by atoms with van der Waals surface area (Å²) in [5, 5.41) is 11.9. The molecule has 2 aromatic heterocycles. The third-order valence-electron chi connectivity index (χ3n) is 3.49. The first-order chi connectivity index (χ1) is 10.1. The minimum Gasteiger partial charge on any atom is -0.399 e. The molecule has 1 atom stereocenters. The van der Waals surface area contributed by atoms with Gasteiger partial charge in [-0.15, -0.1) is 10.2 Å². The molecule has 0 aliphatic rings. The first kappa shape index (κ1) is 13.2. The van der Waals surface area contributed by atoms with Crippen molar-refractivity contribution in [1.82, 2.24) is 19.7 Å². The molecule has 7 nitrogen and oxygen atoms in total. The van der Waals surface area contributed by atoms with Gasteiger partial charge in [0.2, 0.25) is 0 Å². The normalized spacial score (nSPS) is 12.5. The number of nitrogen functional groups attached to an aromatic ring is 1. The van der Waals surface area contributed by atoms with Crippen LogP contribution in [0.25, 0.3) is 10.9 Å². The Balaban J connectivity index is 2.11. The van der Waals surface area contributed by atoms with Gasteiger partial charge < -0.3 is 20.6 Å². The molecule has 0 aliphatic carbocycles. The van der Waals surface area contributed by atoms with E-state index in [0.717, 1.165) is 16.6 Å². The number of nitrogens with one attached hydrogen (secondary N) is 2. The van der Waals surface area contributed by atoms with E-state index in [4.69, 9.17) is 5.73 Å². The van der Waals surface area contributed by atoms with Crippen LogP contribution in [0.3, 0.4) is 0 Å². The average molecular weight is 284 g/mol. The maximum atomic E-state index is 12.1. The largest absolute Gasteiger partial charge is 0.399 e. The van der Waals surface area contributed by atoms with Crippen molar-refractivity contribution in [3.63, 3.8) is 0 Å². The fourth-order valence-electron chi connectivity index (χ4n) is 2.33. The summed E-state index contributed by atoms with van der Waals surface area (Å²) in [6, 6.07) is 6.94. The summed E-state index contributed by atoms with van der Waals surface area (Å²) in [6.07, 6.45) is 1.52. The molecule has 1 aromatic carbocycles. The lowest BCUT2D eigenvalue weighted by Gasteiger charge is -2.16. The van der Waals surface area contributed by atoms with Gasteiger partial charge in [0.25, 0.3) is 5.56 Å². The molecule has 108 valence electrons. The van der Waals surface area contributed by atoms with Crippen molar-refractivity contribution in [2.45, 2.75) is 13.0 Å². The number of fused-ring (bicyclic) bond motifs is 1. The molecule has 0 aliphatic heterocycles. The SMILES string of the molecule is CC(Nc1cc(=O)n(C)c2ccc(N)cc12)c1nnc[nH]1. The number of hydrogen-bond donors (Lipinski definition) is 3. The van der Waals surface area contributed by atoms with Gasteiger partial charge >= 0.3 is 0 Å². The molecular weight excluding hydrogens is 268 g/mol. The van der Waals surface area contributed by atoms with Crippen molar-refractivity contribution in [2.24, 2.45) is 7.05 Å². The number of aryl methyl sites for hydroxylation is 1. The summed E-state index contributed by atoms with van der Waals surface area (Å²) in [4.78, 5) is 15.0. The predicted octanol–water partition coefficient (Wildman–Crippen LogP) is 1.41. The Kier molecular flexibility index (Phi) is 3.09. The lowest BCUT2D eigenvalue weighted by atomic mass is 10.1. The second-order valence-corrected chi connectivity index (χ2v) is 4.97. The van der Waals surface area contributed by atoms with Gasteiger partial charge in [-0.2, -0.15) is 0 Å². The summed E-state index contributed by atoms with van der Waals surface area (Å²) < 4.78 is 1.60. The van der Waals surface area contributed by atoms with Crippen molar-refractivity contribution in [1.29, 1.82) is 0 Å². The zero-order chi connectivity index (χ0) is 15.0. The van der Waals surface area contributed by atoms with Gasteiger partial charge in [-0.3, -0.25) is 4.79 Å². The van der Waals surface area contributed by atoms with Crippen LogP contribution < -0.4 is 16.6 Å². The van der Waals surface area contributed by atoms with Gasteiger partial charge in [0.1, 0.15) is 6.33 Å². The van der Waals surface area contributed by atoms with E-state index in [1.807, 2.05) is 19.1 Å². The number of anilines is 2. The van der Waals surface area contributed by atoms with E-state index in [9.17, 15) is 4.79 Å². The fraction of sp³-hybridized carbons (Fsp3) is 0.214. The monoisotopic (exact) mass is 284 g/mol. The van der Waals surface area contributed by atoms with Gasteiger partial charge in [0.15, 0.2) is 5.82 Å². The molecular formula is C14H16N6O. The van der Waals surface area contributed by atoms with Crippen LogP contribution in [0.2, 0.25) is 0 Å². The van der Waals surface area contributed by atoms with Crippen molar-refractivity contribution < 1.29 is 0 Å². The molecule has 0 fully saturated rings. The number of aromatic nitrogens is 4. The highest BCUT2D eigenvalue weighted by atomic mass is 16.1. The lowest BCUT2D eigenvalue weighted by molar-refractivity contribution is 0.795. The smallest absolute Gasteiger partial charge is 0.252 e. The summed E-state index contributed by atoms with van der Waals surface area (Å²) >= 11 is 0. The molecule has 3 rings (SSSR count). The topological polar surface area (TPSA) is 102 Å². The molecule has 0 bridgehead atoms. The van der Waals surface area contributed by atoms with Crippen LogP contribution in [-0.4, -0.2) is 19.7 Å². The molecule has 0 saturated heterocycles. The Hall–Kier alpha value is -2.83. The third kappa shape index (κ3) is 2.33. The van der Waals surface area contributed by atoms with E-state index in [2.05, 4.69) is 20.5 Å². The second-order valence-electron chi connectivity index (χ2n) is 4.97. The van der Waals surface area contributed by atoms with E-state index in [1.54, 1.807) is 23.7 Å². The molecule has 7 heteroatoms. The second kappa shape index (κ2) is 4.93. The molecule has 3 aromatic rings. The minimum absolute atomic E-state index is 0.0838. The van der Waals surface area contributed by atoms with Gasteiger partial charge in [-0.25, -0.2) is 0 Å². The quantitative estimate of drug-likeness (QED) is 0.631. The van der Waals surface area contributed by atoms with E-state index in [1.165, 1.54) is 6.33 Å². The Morgan fingerprint density at radius 2 is 2.19 bits per heavy atom. The highest BCUT2D eigenvalue weighted by Crippen LogP contribution is 2.26. The standard InChI is InChI=1S/C14H16N6O/c1-8(14-16-7-17-19-14)18-11-6-13(21)20(2)12-4-3-9(15)5-10(11)12/h3-8,18H,15H2,1-2H3,(H,16,17,19). The van der Waals surface area contributed by atoms with Gasteiger partial charge in [0.05, 0.1) is 11.6 Å². The van der Waals surface area contributed by atoms with Crippen molar-refractivity contribution >= 4 is 22.3 Å². The molecule has 0 amide bonds. The maximum absolute atomic E-state index is 12.1. The summed E-state index contributed by atoms with van der Waals surface area (Å²) in [5.74, 6) is 0.702. The van der Waals surface area contributed by atoms with E-state index < -0.39 is 0 Å². The molecule has 0 spiro atoms. The van der Waals surface area contributed by atoms with Gasteiger partial charge in [-0.05, 0) is 25.1 Å². The van der Waals surface area contributed by atoms with Crippen LogP contribution in [0.5, 0.6) is 0 Å². The molecule has 0 saturated carbocycles.